The number of rotatable bonds is 9. The lowest BCUT2D eigenvalue weighted by atomic mass is 10.2. The molecule has 0 aromatic heterocycles. The zero-order valence-electron chi connectivity index (χ0n) is 12.1. The van der Waals surface area contributed by atoms with Crippen LogP contribution in [0.1, 0.15) is 10.4 Å². The molecule has 3 N–H and O–H groups in total. The predicted molar refractivity (Wildman–Crippen MR) is 77.7 cm³/mol. The van der Waals surface area contributed by atoms with Gasteiger partial charge in [-0.05, 0) is 24.3 Å². The molecular weight excluding hydrogens is 292 g/mol. The molecule has 0 aliphatic heterocycles. The summed E-state index contributed by atoms with van der Waals surface area (Å²) >= 11 is 0. The van der Waals surface area contributed by atoms with Crippen LogP contribution in [0.2, 0.25) is 0 Å². The SMILES string of the molecule is COCCOCC(=O)Nc1ccc(C(=O)NCC(=O)O)cc1. The number of hydrogen-bond donors (Lipinski definition) is 3. The molecule has 0 aliphatic rings. The number of aliphatic carboxylic acids is 1. The van der Waals surface area contributed by atoms with Gasteiger partial charge in [0.25, 0.3) is 5.91 Å². The van der Waals surface area contributed by atoms with E-state index in [0.717, 1.165) is 0 Å². The highest BCUT2D eigenvalue weighted by Gasteiger charge is 2.08. The van der Waals surface area contributed by atoms with Crippen molar-refractivity contribution in [1.82, 2.24) is 5.32 Å². The maximum Gasteiger partial charge on any atom is 0.322 e. The van der Waals surface area contributed by atoms with E-state index in [1.807, 2.05) is 0 Å². The van der Waals surface area contributed by atoms with Crippen molar-refractivity contribution in [3.05, 3.63) is 29.8 Å². The van der Waals surface area contributed by atoms with Crippen LogP contribution < -0.4 is 10.6 Å². The Bertz CT molecular complexity index is 515. The second-order valence-electron chi connectivity index (χ2n) is 4.25. The van der Waals surface area contributed by atoms with Gasteiger partial charge in [-0.15, -0.1) is 0 Å². The van der Waals surface area contributed by atoms with E-state index in [0.29, 0.717) is 24.5 Å². The number of amides is 2. The summed E-state index contributed by atoms with van der Waals surface area (Å²) in [7, 11) is 1.54. The average Bonchev–Trinajstić information content (AvgIpc) is 2.50. The number of methoxy groups -OCH3 is 1. The van der Waals surface area contributed by atoms with Crippen molar-refractivity contribution in [3.63, 3.8) is 0 Å². The Balaban J connectivity index is 2.42. The fourth-order valence-electron chi connectivity index (χ4n) is 1.47. The minimum Gasteiger partial charge on any atom is -0.480 e. The number of carboxylic acid groups (broad SMARTS) is 1. The lowest BCUT2D eigenvalue weighted by Crippen LogP contribution is -2.29. The minimum absolute atomic E-state index is 0.0930. The van der Waals surface area contributed by atoms with E-state index < -0.39 is 18.4 Å². The molecule has 0 heterocycles. The van der Waals surface area contributed by atoms with Crippen LogP contribution in [0.25, 0.3) is 0 Å². The molecule has 1 aromatic carbocycles. The largest absolute Gasteiger partial charge is 0.480 e. The molecule has 120 valence electrons. The van der Waals surface area contributed by atoms with Crippen LogP contribution in [0.15, 0.2) is 24.3 Å². The summed E-state index contributed by atoms with van der Waals surface area (Å²) in [5.74, 6) is -1.94. The number of carbonyl (C=O) groups is 3. The molecule has 8 heteroatoms. The number of benzene rings is 1. The second-order valence-corrected chi connectivity index (χ2v) is 4.25. The van der Waals surface area contributed by atoms with Gasteiger partial charge in [0.2, 0.25) is 5.91 Å². The number of ether oxygens (including phenoxy) is 2. The van der Waals surface area contributed by atoms with Crippen LogP contribution in [0.5, 0.6) is 0 Å². The van der Waals surface area contributed by atoms with E-state index in [-0.39, 0.29) is 12.5 Å². The molecule has 1 rings (SSSR count). The number of nitrogens with one attached hydrogen (secondary N) is 2. The van der Waals surface area contributed by atoms with E-state index in [1.165, 1.54) is 19.2 Å². The van der Waals surface area contributed by atoms with E-state index in [1.54, 1.807) is 12.1 Å². The molecule has 0 unspecified atom stereocenters. The van der Waals surface area contributed by atoms with Gasteiger partial charge in [0.05, 0.1) is 13.2 Å². The molecule has 0 aliphatic carbocycles. The molecule has 22 heavy (non-hydrogen) atoms. The van der Waals surface area contributed by atoms with Crippen LogP contribution in [0.3, 0.4) is 0 Å². The van der Waals surface area contributed by atoms with Gasteiger partial charge >= 0.3 is 5.97 Å². The van der Waals surface area contributed by atoms with Gasteiger partial charge in [-0.1, -0.05) is 0 Å². The quantitative estimate of drug-likeness (QED) is 0.558. The third kappa shape index (κ3) is 6.82. The van der Waals surface area contributed by atoms with Gasteiger partial charge in [0.1, 0.15) is 13.2 Å². The van der Waals surface area contributed by atoms with E-state index in [2.05, 4.69) is 10.6 Å². The van der Waals surface area contributed by atoms with Crippen molar-refractivity contribution < 1.29 is 29.0 Å². The molecule has 0 bridgehead atoms. The van der Waals surface area contributed by atoms with Crippen LogP contribution in [0, 0.1) is 0 Å². The van der Waals surface area contributed by atoms with Gasteiger partial charge < -0.3 is 25.2 Å². The number of hydrogen-bond acceptors (Lipinski definition) is 5. The third-order valence-corrected chi connectivity index (χ3v) is 2.50. The summed E-state index contributed by atoms with van der Waals surface area (Å²) in [6, 6.07) is 6.06. The summed E-state index contributed by atoms with van der Waals surface area (Å²) in [5, 5.41) is 13.3. The van der Waals surface area contributed by atoms with Crippen LogP contribution in [-0.2, 0) is 19.1 Å². The fourth-order valence-corrected chi connectivity index (χ4v) is 1.47. The lowest BCUT2D eigenvalue weighted by molar-refractivity contribution is -0.135. The molecule has 2 amide bonds. The molecule has 0 saturated carbocycles. The van der Waals surface area contributed by atoms with Crippen molar-refractivity contribution in [2.45, 2.75) is 0 Å². The second kappa shape index (κ2) is 9.48. The van der Waals surface area contributed by atoms with Crippen LogP contribution in [-0.4, -0.2) is 56.4 Å². The van der Waals surface area contributed by atoms with Crippen molar-refractivity contribution in [1.29, 1.82) is 0 Å². The maximum atomic E-state index is 11.6. The molecule has 0 fully saturated rings. The van der Waals surface area contributed by atoms with Gasteiger partial charge in [0, 0.05) is 18.4 Å². The molecule has 0 spiro atoms. The Morgan fingerprint density at radius 2 is 1.82 bits per heavy atom. The van der Waals surface area contributed by atoms with Gasteiger partial charge in [0.15, 0.2) is 0 Å². The number of carboxylic acids is 1. The summed E-state index contributed by atoms with van der Waals surface area (Å²) in [6.45, 7) is 0.195. The highest BCUT2D eigenvalue weighted by atomic mass is 16.5. The van der Waals surface area contributed by atoms with Crippen molar-refractivity contribution in [3.8, 4) is 0 Å². The maximum absolute atomic E-state index is 11.6. The monoisotopic (exact) mass is 310 g/mol. The lowest BCUT2D eigenvalue weighted by Gasteiger charge is -2.07. The summed E-state index contributed by atoms with van der Waals surface area (Å²) in [4.78, 5) is 33.5. The first-order chi connectivity index (χ1) is 10.5. The number of carbonyl (C=O) groups excluding carboxylic acids is 2. The summed E-state index contributed by atoms with van der Waals surface area (Å²) < 4.78 is 9.85. The molecule has 8 nitrogen and oxygen atoms in total. The van der Waals surface area contributed by atoms with E-state index >= 15 is 0 Å². The van der Waals surface area contributed by atoms with Crippen LogP contribution >= 0.6 is 0 Å². The zero-order chi connectivity index (χ0) is 16.4. The average molecular weight is 310 g/mol. The normalized spacial score (nSPS) is 10.0. The highest BCUT2D eigenvalue weighted by molar-refractivity contribution is 5.97. The number of anilines is 1. The minimum atomic E-state index is -1.12. The third-order valence-electron chi connectivity index (χ3n) is 2.50. The van der Waals surface area contributed by atoms with Crippen molar-refractivity contribution in [2.75, 3.05) is 38.8 Å². The Labute approximate surface area is 127 Å². The molecule has 0 radical (unpaired) electrons. The predicted octanol–water partition coefficient (Wildman–Crippen LogP) is 0.102. The van der Waals surface area contributed by atoms with Crippen LogP contribution in [0.4, 0.5) is 5.69 Å². The standard InChI is InChI=1S/C14H18N2O6/c1-21-6-7-22-9-12(17)16-11-4-2-10(3-5-11)14(20)15-8-13(18)19/h2-5H,6-9H2,1H3,(H,15,20)(H,16,17)(H,18,19). The highest BCUT2D eigenvalue weighted by Crippen LogP contribution is 2.09. The van der Waals surface area contributed by atoms with Crippen molar-refractivity contribution >= 4 is 23.5 Å². The first-order valence-corrected chi connectivity index (χ1v) is 6.49. The Morgan fingerprint density at radius 1 is 1.14 bits per heavy atom. The molecule has 0 atom stereocenters. The molecular formula is C14H18N2O6. The van der Waals surface area contributed by atoms with Gasteiger partial charge in [-0.2, -0.15) is 0 Å². The Morgan fingerprint density at radius 3 is 2.41 bits per heavy atom. The topological polar surface area (TPSA) is 114 Å². The van der Waals surface area contributed by atoms with E-state index in [4.69, 9.17) is 14.6 Å². The van der Waals surface area contributed by atoms with Crippen molar-refractivity contribution in [2.24, 2.45) is 0 Å². The van der Waals surface area contributed by atoms with Gasteiger partial charge in [-0.25, -0.2) is 0 Å². The molecule has 1 aromatic rings. The first kappa shape index (κ1) is 17.6. The fraction of sp³-hybridized carbons (Fsp3) is 0.357. The summed E-state index contributed by atoms with van der Waals surface area (Å²) in [5.41, 5.74) is 0.811. The molecule has 0 saturated heterocycles. The Kier molecular flexibility index (Phi) is 7.58. The van der Waals surface area contributed by atoms with Gasteiger partial charge in [-0.3, -0.25) is 14.4 Å². The smallest absolute Gasteiger partial charge is 0.322 e. The Hall–Kier alpha value is -2.45. The first-order valence-electron chi connectivity index (χ1n) is 6.49. The van der Waals surface area contributed by atoms with E-state index in [9.17, 15) is 14.4 Å². The summed E-state index contributed by atoms with van der Waals surface area (Å²) in [6.07, 6.45) is 0. The zero-order valence-corrected chi connectivity index (χ0v) is 12.1.